The van der Waals surface area contributed by atoms with Crippen LogP contribution in [-0.4, -0.2) is 24.1 Å². The fraction of sp³-hybridized carbons (Fsp3) is 0.400. The highest BCUT2D eigenvalue weighted by Crippen LogP contribution is 2.31. The number of rotatable bonds is 4. The van der Waals surface area contributed by atoms with Crippen molar-refractivity contribution in [1.82, 2.24) is 24.1 Å². The van der Waals surface area contributed by atoms with Gasteiger partial charge >= 0.3 is 0 Å². The quantitative estimate of drug-likeness (QED) is 0.541. The van der Waals surface area contributed by atoms with Crippen molar-refractivity contribution in [3.8, 4) is 0 Å². The average Bonchev–Trinajstić information content (AvgIpc) is 3.38. The summed E-state index contributed by atoms with van der Waals surface area (Å²) in [4.78, 5) is 23.2. The minimum Gasteiger partial charge on any atom is -0.314 e. The van der Waals surface area contributed by atoms with Crippen molar-refractivity contribution in [2.75, 3.05) is 0 Å². The monoisotopic (exact) mass is 379 g/mol. The minimum atomic E-state index is -0.0202. The fourth-order valence-electron chi connectivity index (χ4n) is 3.97. The summed E-state index contributed by atoms with van der Waals surface area (Å²) in [6, 6.07) is 6.10. The van der Waals surface area contributed by atoms with Crippen LogP contribution in [0.2, 0.25) is 0 Å². The number of nitrogens with zero attached hydrogens (tertiary/aromatic N) is 5. The first kappa shape index (κ1) is 16.6. The van der Waals surface area contributed by atoms with E-state index in [1.54, 1.807) is 26.6 Å². The lowest BCUT2D eigenvalue weighted by molar-refractivity contribution is 0.429. The van der Waals surface area contributed by atoms with Gasteiger partial charge in [-0.2, -0.15) is 9.50 Å². The maximum atomic E-state index is 12.9. The third-order valence-corrected chi connectivity index (χ3v) is 6.41. The molecule has 1 aliphatic rings. The smallest absolute Gasteiger partial charge is 0.261 e. The molecule has 27 heavy (non-hydrogen) atoms. The Labute approximate surface area is 160 Å². The second-order valence-electron chi connectivity index (χ2n) is 7.22. The van der Waals surface area contributed by atoms with Crippen LogP contribution in [0.25, 0.3) is 16.7 Å². The third-order valence-electron chi connectivity index (χ3n) is 5.47. The SMILES string of the molecule is O=c1c2cnc3nc(C4CCCCC4)nn3c2ccn1CCc1cccs1. The zero-order valence-electron chi connectivity index (χ0n) is 15.0. The van der Waals surface area contributed by atoms with E-state index in [4.69, 9.17) is 5.10 Å². The van der Waals surface area contributed by atoms with Crippen LogP contribution in [0.15, 0.2) is 40.8 Å². The van der Waals surface area contributed by atoms with E-state index >= 15 is 0 Å². The molecule has 5 rings (SSSR count). The van der Waals surface area contributed by atoms with Crippen LogP contribution in [-0.2, 0) is 13.0 Å². The van der Waals surface area contributed by atoms with E-state index in [2.05, 4.69) is 21.4 Å². The van der Waals surface area contributed by atoms with Gasteiger partial charge < -0.3 is 4.57 Å². The van der Waals surface area contributed by atoms with Crippen molar-refractivity contribution in [3.05, 3.63) is 57.0 Å². The van der Waals surface area contributed by atoms with E-state index in [9.17, 15) is 4.79 Å². The lowest BCUT2D eigenvalue weighted by Gasteiger charge is -2.17. The third kappa shape index (κ3) is 3.06. The molecule has 0 amide bonds. The summed E-state index contributed by atoms with van der Waals surface area (Å²) in [5.74, 6) is 1.87. The van der Waals surface area contributed by atoms with Gasteiger partial charge in [0, 0.05) is 29.7 Å². The first-order valence-corrected chi connectivity index (χ1v) is 10.4. The summed E-state index contributed by atoms with van der Waals surface area (Å²) >= 11 is 1.72. The molecule has 1 fully saturated rings. The normalized spacial score (nSPS) is 15.7. The summed E-state index contributed by atoms with van der Waals surface area (Å²) in [6.07, 6.45) is 10.4. The molecule has 0 spiro atoms. The standard InChI is InChI=1S/C20H21N5OS/c26-19-16-13-21-20-22-18(14-5-2-1-3-6-14)23-25(20)17(16)9-11-24(19)10-8-15-7-4-12-27-15/h4,7,9,11-14H,1-3,5-6,8,10H2. The molecule has 0 aliphatic heterocycles. The highest BCUT2D eigenvalue weighted by molar-refractivity contribution is 7.09. The van der Waals surface area contributed by atoms with Crippen LogP contribution in [0.1, 0.15) is 48.7 Å². The van der Waals surface area contributed by atoms with E-state index in [0.29, 0.717) is 23.6 Å². The Morgan fingerprint density at radius 3 is 2.89 bits per heavy atom. The Bertz CT molecular complexity index is 1140. The number of hydrogen-bond donors (Lipinski definition) is 0. The van der Waals surface area contributed by atoms with Gasteiger partial charge in [0.25, 0.3) is 11.3 Å². The van der Waals surface area contributed by atoms with Crippen LogP contribution in [0.5, 0.6) is 0 Å². The van der Waals surface area contributed by atoms with Gasteiger partial charge in [-0.25, -0.2) is 4.98 Å². The van der Waals surface area contributed by atoms with Gasteiger partial charge in [0.15, 0.2) is 5.82 Å². The molecule has 0 aromatic carbocycles. The topological polar surface area (TPSA) is 65.1 Å². The number of hydrogen-bond acceptors (Lipinski definition) is 5. The van der Waals surface area contributed by atoms with Crippen molar-refractivity contribution in [2.24, 2.45) is 0 Å². The van der Waals surface area contributed by atoms with Crippen molar-refractivity contribution < 1.29 is 0 Å². The van der Waals surface area contributed by atoms with Crippen molar-refractivity contribution in [2.45, 2.75) is 51.0 Å². The van der Waals surface area contributed by atoms with Crippen LogP contribution < -0.4 is 5.56 Å². The van der Waals surface area contributed by atoms with E-state index < -0.39 is 0 Å². The predicted molar refractivity (Wildman–Crippen MR) is 106 cm³/mol. The van der Waals surface area contributed by atoms with Gasteiger partial charge in [-0.1, -0.05) is 25.3 Å². The Hall–Kier alpha value is -2.54. The highest BCUT2D eigenvalue weighted by Gasteiger charge is 2.21. The molecule has 0 N–H and O–H groups in total. The number of thiophene rings is 1. The molecule has 0 unspecified atom stereocenters. The number of fused-ring (bicyclic) bond motifs is 3. The summed E-state index contributed by atoms with van der Waals surface area (Å²) in [5.41, 5.74) is 0.764. The molecule has 0 bridgehead atoms. The van der Waals surface area contributed by atoms with E-state index in [1.165, 1.54) is 24.1 Å². The molecule has 1 saturated carbocycles. The molecule has 4 heterocycles. The molecule has 0 radical (unpaired) electrons. The first-order chi connectivity index (χ1) is 13.3. The molecule has 0 saturated heterocycles. The molecule has 7 heteroatoms. The Kier molecular flexibility index (Phi) is 4.24. The molecule has 0 atom stereocenters. The molecule has 4 aromatic heterocycles. The number of aryl methyl sites for hydroxylation is 2. The Morgan fingerprint density at radius 2 is 2.07 bits per heavy atom. The Morgan fingerprint density at radius 1 is 1.19 bits per heavy atom. The van der Waals surface area contributed by atoms with E-state index in [0.717, 1.165) is 30.6 Å². The molecule has 138 valence electrons. The van der Waals surface area contributed by atoms with Gasteiger partial charge in [0.2, 0.25) is 0 Å². The number of pyridine rings is 1. The maximum absolute atomic E-state index is 12.9. The molecule has 4 aromatic rings. The van der Waals surface area contributed by atoms with Gasteiger partial charge in [-0.05, 0) is 36.8 Å². The van der Waals surface area contributed by atoms with Crippen molar-refractivity contribution >= 4 is 28.0 Å². The summed E-state index contributed by atoms with van der Waals surface area (Å²) < 4.78 is 3.50. The molecular formula is C20H21N5OS. The Balaban J connectivity index is 1.52. The first-order valence-electron chi connectivity index (χ1n) is 9.57. The van der Waals surface area contributed by atoms with E-state index in [1.807, 2.05) is 18.3 Å². The lowest BCUT2D eigenvalue weighted by atomic mass is 9.89. The van der Waals surface area contributed by atoms with Crippen LogP contribution >= 0.6 is 11.3 Å². The van der Waals surface area contributed by atoms with Crippen LogP contribution in [0, 0.1) is 0 Å². The average molecular weight is 379 g/mol. The van der Waals surface area contributed by atoms with Crippen molar-refractivity contribution in [3.63, 3.8) is 0 Å². The van der Waals surface area contributed by atoms with Gasteiger partial charge in [0.1, 0.15) is 0 Å². The largest absolute Gasteiger partial charge is 0.314 e. The van der Waals surface area contributed by atoms with Crippen LogP contribution in [0.4, 0.5) is 0 Å². The molecular weight excluding hydrogens is 358 g/mol. The molecule has 6 nitrogen and oxygen atoms in total. The van der Waals surface area contributed by atoms with Gasteiger partial charge in [-0.3, -0.25) is 4.79 Å². The van der Waals surface area contributed by atoms with Crippen LogP contribution in [0.3, 0.4) is 0 Å². The molecule has 1 aliphatic carbocycles. The summed E-state index contributed by atoms with van der Waals surface area (Å²) in [5, 5.41) is 7.38. The van der Waals surface area contributed by atoms with Gasteiger partial charge in [0.05, 0.1) is 10.9 Å². The summed E-state index contributed by atoms with van der Waals surface area (Å²) in [6.45, 7) is 0.665. The zero-order chi connectivity index (χ0) is 18.2. The number of aromatic nitrogens is 5. The van der Waals surface area contributed by atoms with Crippen molar-refractivity contribution in [1.29, 1.82) is 0 Å². The maximum Gasteiger partial charge on any atom is 0.261 e. The van der Waals surface area contributed by atoms with Gasteiger partial charge in [-0.15, -0.1) is 16.4 Å². The highest BCUT2D eigenvalue weighted by atomic mass is 32.1. The summed E-state index contributed by atoms with van der Waals surface area (Å²) in [7, 11) is 0. The zero-order valence-corrected chi connectivity index (χ0v) is 15.9. The fourth-order valence-corrected chi connectivity index (χ4v) is 4.67. The lowest BCUT2D eigenvalue weighted by Crippen LogP contribution is -2.21. The second-order valence-corrected chi connectivity index (χ2v) is 8.25. The second kappa shape index (κ2) is 6.88. The predicted octanol–water partition coefficient (Wildman–Crippen LogP) is 3.79. The van der Waals surface area contributed by atoms with E-state index in [-0.39, 0.29) is 5.56 Å². The minimum absolute atomic E-state index is 0.0202.